The van der Waals surface area contributed by atoms with E-state index in [1.807, 2.05) is 0 Å². The van der Waals surface area contributed by atoms with E-state index in [-0.39, 0.29) is 18.7 Å². The molecule has 0 radical (unpaired) electrons. The Bertz CT molecular complexity index is 1060. The fourth-order valence-electron chi connectivity index (χ4n) is 4.20. The Morgan fingerprint density at radius 3 is 2.67 bits per heavy atom. The van der Waals surface area contributed by atoms with E-state index in [1.165, 1.54) is 16.3 Å². The van der Waals surface area contributed by atoms with E-state index in [1.54, 1.807) is 18.2 Å². The third-order valence-electron chi connectivity index (χ3n) is 5.76. The average molecular weight is 404 g/mol. The standard InChI is InChI=1S/C24H24N2O4/c27-24(18-8-9-22-23(14-18)30-16-29-22)25-15-21(26-10-12-28-13-11-26)20-7-3-5-17-4-1-2-6-19(17)20/h1-9,14,21H,10-13,15-16H2,(H,25,27). The lowest BCUT2D eigenvalue weighted by atomic mass is 9.97. The zero-order valence-electron chi connectivity index (χ0n) is 16.7. The molecule has 0 saturated carbocycles. The van der Waals surface area contributed by atoms with Crippen LogP contribution in [0.15, 0.2) is 60.7 Å². The van der Waals surface area contributed by atoms with Crippen molar-refractivity contribution in [2.24, 2.45) is 0 Å². The van der Waals surface area contributed by atoms with Crippen LogP contribution >= 0.6 is 0 Å². The summed E-state index contributed by atoms with van der Waals surface area (Å²) in [5.74, 6) is 1.17. The normalized spacial score (nSPS) is 17.1. The zero-order valence-corrected chi connectivity index (χ0v) is 16.7. The van der Waals surface area contributed by atoms with E-state index < -0.39 is 0 Å². The predicted octanol–water partition coefficient (Wildman–Crippen LogP) is 3.37. The first-order chi connectivity index (χ1) is 14.8. The van der Waals surface area contributed by atoms with Crippen molar-refractivity contribution < 1.29 is 19.0 Å². The number of nitrogens with one attached hydrogen (secondary N) is 1. The molecule has 5 rings (SSSR count). The second kappa shape index (κ2) is 8.34. The SMILES string of the molecule is O=C(NCC(c1cccc2ccccc12)N1CCOCC1)c1ccc2c(c1)OCO2. The number of carbonyl (C=O) groups excluding carboxylic acids is 1. The predicted molar refractivity (Wildman–Crippen MR) is 114 cm³/mol. The lowest BCUT2D eigenvalue weighted by Gasteiger charge is -2.35. The summed E-state index contributed by atoms with van der Waals surface area (Å²) in [5, 5.41) is 5.55. The minimum atomic E-state index is -0.119. The largest absolute Gasteiger partial charge is 0.454 e. The number of fused-ring (bicyclic) bond motifs is 2. The van der Waals surface area contributed by atoms with Crippen molar-refractivity contribution in [3.8, 4) is 11.5 Å². The van der Waals surface area contributed by atoms with Crippen LogP contribution in [0.5, 0.6) is 11.5 Å². The van der Waals surface area contributed by atoms with Crippen molar-refractivity contribution in [1.29, 1.82) is 0 Å². The number of rotatable bonds is 5. The Kier molecular flexibility index (Phi) is 5.26. The number of ether oxygens (including phenoxy) is 3. The van der Waals surface area contributed by atoms with Crippen LogP contribution in [-0.2, 0) is 4.74 Å². The summed E-state index contributed by atoms with van der Waals surface area (Å²) in [6.45, 7) is 3.80. The molecule has 0 spiro atoms. The van der Waals surface area contributed by atoms with E-state index in [9.17, 15) is 4.79 Å². The quantitative estimate of drug-likeness (QED) is 0.707. The van der Waals surface area contributed by atoms with Gasteiger partial charge in [-0.1, -0.05) is 42.5 Å². The lowest BCUT2D eigenvalue weighted by molar-refractivity contribution is 0.0165. The molecular weight excluding hydrogens is 380 g/mol. The van der Waals surface area contributed by atoms with Crippen LogP contribution in [0.4, 0.5) is 0 Å². The Morgan fingerprint density at radius 2 is 1.77 bits per heavy atom. The molecular formula is C24H24N2O4. The number of nitrogens with zero attached hydrogens (tertiary/aromatic N) is 1. The molecule has 3 aromatic rings. The van der Waals surface area contributed by atoms with E-state index in [0.717, 1.165) is 13.1 Å². The molecule has 1 amide bonds. The van der Waals surface area contributed by atoms with Crippen molar-refractivity contribution in [3.05, 3.63) is 71.8 Å². The van der Waals surface area contributed by atoms with Gasteiger partial charge in [0.15, 0.2) is 11.5 Å². The van der Waals surface area contributed by atoms with Crippen molar-refractivity contribution in [2.45, 2.75) is 6.04 Å². The number of morpholine rings is 1. The Morgan fingerprint density at radius 1 is 0.967 bits per heavy atom. The molecule has 2 aliphatic rings. The van der Waals surface area contributed by atoms with Crippen LogP contribution in [-0.4, -0.2) is 50.4 Å². The first-order valence-corrected chi connectivity index (χ1v) is 10.3. The summed E-state index contributed by atoms with van der Waals surface area (Å²) < 4.78 is 16.3. The minimum Gasteiger partial charge on any atom is -0.454 e. The molecule has 30 heavy (non-hydrogen) atoms. The Balaban J connectivity index is 1.40. The van der Waals surface area contributed by atoms with E-state index in [2.05, 4.69) is 52.7 Å². The fourth-order valence-corrected chi connectivity index (χ4v) is 4.20. The molecule has 154 valence electrons. The maximum absolute atomic E-state index is 12.9. The molecule has 0 aromatic heterocycles. The van der Waals surface area contributed by atoms with Crippen molar-refractivity contribution in [2.75, 3.05) is 39.6 Å². The molecule has 1 saturated heterocycles. The number of hydrogen-bond acceptors (Lipinski definition) is 5. The van der Waals surface area contributed by atoms with Crippen LogP contribution in [0.3, 0.4) is 0 Å². The average Bonchev–Trinajstić information content (AvgIpc) is 3.28. The van der Waals surface area contributed by atoms with Gasteiger partial charge in [0, 0.05) is 25.2 Å². The van der Waals surface area contributed by atoms with Crippen molar-refractivity contribution in [1.82, 2.24) is 10.2 Å². The molecule has 6 nitrogen and oxygen atoms in total. The summed E-state index contributed by atoms with van der Waals surface area (Å²) in [4.78, 5) is 15.3. The molecule has 3 aromatic carbocycles. The first kappa shape index (κ1) is 18.9. The van der Waals surface area contributed by atoms with Gasteiger partial charge in [-0.05, 0) is 34.5 Å². The Hall–Kier alpha value is -3.09. The molecule has 1 fully saturated rings. The van der Waals surface area contributed by atoms with Gasteiger partial charge in [0.25, 0.3) is 5.91 Å². The highest BCUT2D eigenvalue weighted by molar-refractivity contribution is 5.95. The van der Waals surface area contributed by atoms with Gasteiger partial charge in [-0.2, -0.15) is 0 Å². The van der Waals surface area contributed by atoms with Crippen LogP contribution < -0.4 is 14.8 Å². The van der Waals surface area contributed by atoms with Gasteiger partial charge >= 0.3 is 0 Å². The van der Waals surface area contributed by atoms with Gasteiger partial charge in [-0.25, -0.2) is 0 Å². The van der Waals surface area contributed by atoms with E-state index >= 15 is 0 Å². The fraction of sp³-hybridized carbons (Fsp3) is 0.292. The molecule has 1 atom stereocenters. The second-order valence-electron chi connectivity index (χ2n) is 7.51. The third kappa shape index (κ3) is 3.72. The number of benzene rings is 3. The lowest BCUT2D eigenvalue weighted by Crippen LogP contribution is -2.43. The molecule has 1 N–H and O–H groups in total. The topological polar surface area (TPSA) is 60.0 Å². The summed E-state index contributed by atoms with van der Waals surface area (Å²) in [6, 6.07) is 20.1. The van der Waals surface area contributed by atoms with Gasteiger partial charge in [0.1, 0.15) is 0 Å². The smallest absolute Gasteiger partial charge is 0.251 e. The summed E-state index contributed by atoms with van der Waals surface area (Å²) in [5.41, 5.74) is 1.79. The molecule has 6 heteroatoms. The van der Waals surface area contributed by atoms with Gasteiger partial charge < -0.3 is 19.5 Å². The molecule has 1 unspecified atom stereocenters. The van der Waals surface area contributed by atoms with Gasteiger partial charge in [0.2, 0.25) is 6.79 Å². The summed E-state index contributed by atoms with van der Waals surface area (Å²) in [7, 11) is 0. The number of hydrogen-bond donors (Lipinski definition) is 1. The first-order valence-electron chi connectivity index (χ1n) is 10.3. The Labute approximate surface area is 175 Å². The number of carbonyl (C=O) groups is 1. The third-order valence-corrected chi connectivity index (χ3v) is 5.76. The molecule has 0 aliphatic carbocycles. The highest BCUT2D eigenvalue weighted by Crippen LogP contribution is 2.33. The molecule has 0 bridgehead atoms. The van der Waals surface area contributed by atoms with Gasteiger partial charge in [0.05, 0.1) is 19.3 Å². The maximum atomic E-state index is 12.9. The van der Waals surface area contributed by atoms with Gasteiger partial charge in [-0.3, -0.25) is 9.69 Å². The van der Waals surface area contributed by atoms with Crippen LogP contribution in [0, 0.1) is 0 Å². The van der Waals surface area contributed by atoms with Crippen molar-refractivity contribution >= 4 is 16.7 Å². The minimum absolute atomic E-state index is 0.0676. The van der Waals surface area contributed by atoms with Crippen LogP contribution in [0.1, 0.15) is 22.0 Å². The molecule has 2 heterocycles. The summed E-state index contributed by atoms with van der Waals surface area (Å²) >= 11 is 0. The van der Waals surface area contributed by atoms with Crippen LogP contribution in [0.25, 0.3) is 10.8 Å². The molecule has 2 aliphatic heterocycles. The van der Waals surface area contributed by atoms with E-state index in [0.29, 0.717) is 36.8 Å². The zero-order chi connectivity index (χ0) is 20.3. The second-order valence-corrected chi connectivity index (χ2v) is 7.51. The highest BCUT2D eigenvalue weighted by atomic mass is 16.7. The van der Waals surface area contributed by atoms with Gasteiger partial charge in [-0.15, -0.1) is 0 Å². The maximum Gasteiger partial charge on any atom is 0.251 e. The highest BCUT2D eigenvalue weighted by Gasteiger charge is 2.25. The monoisotopic (exact) mass is 404 g/mol. The number of amides is 1. The summed E-state index contributed by atoms with van der Waals surface area (Å²) in [6.07, 6.45) is 0. The van der Waals surface area contributed by atoms with Crippen molar-refractivity contribution in [3.63, 3.8) is 0 Å². The van der Waals surface area contributed by atoms with E-state index in [4.69, 9.17) is 14.2 Å². The van der Waals surface area contributed by atoms with Crippen LogP contribution in [0.2, 0.25) is 0 Å².